The van der Waals surface area contributed by atoms with Crippen LogP contribution in [0.15, 0.2) is 72.8 Å². The molecule has 0 saturated heterocycles. The quantitative estimate of drug-likeness (QED) is 0.0395. The highest BCUT2D eigenvalue weighted by Gasteiger charge is 2.35. The highest BCUT2D eigenvalue weighted by atomic mass is 16.5. The van der Waals surface area contributed by atoms with E-state index in [0.717, 1.165) is 165 Å². The van der Waals surface area contributed by atoms with E-state index in [1.54, 1.807) is 18.2 Å². The van der Waals surface area contributed by atoms with Gasteiger partial charge in [0.15, 0.2) is 0 Å². The zero-order valence-corrected chi connectivity index (χ0v) is 44.2. The minimum absolute atomic E-state index is 0.00944. The molecule has 4 aliphatic heterocycles. The van der Waals surface area contributed by atoms with Crippen LogP contribution in [-0.4, -0.2) is 98.0 Å². The van der Waals surface area contributed by atoms with Gasteiger partial charge in [-0.25, -0.2) is 9.37 Å². The van der Waals surface area contributed by atoms with Crippen LogP contribution in [-0.2, 0) is 30.5 Å². The van der Waals surface area contributed by atoms with Crippen molar-refractivity contribution in [1.29, 1.82) is 0 Å². The van der Waals surface area contributed by atoms with E-state index in [4.69, 9.17) is 9.47 Å². The fourth-order valence-corrected chi connectivity index (χ4v) is 12.6. The van der Waals surface area contributed by atoms with Crippen molar-refractivity contribution in [1.82, 2.24) is 20.1 Å². The highest BCUT2D eigenvalue weighted by molar-refractivity contribution is 6.02. The number of nitrogens with zero attached hydrogens (tertiary/aromatic N) is 2. The van der Waals surface area contributed by atoms with Crippen LogP contribution < -0.4 is 40.6 Å². The highest BCUT2D eigenvalue weighted by Crippen LogP contribution is 2.47. The van der Waals surface area contributed by atoms with Crippen molar-refractivity contribution in [3.63, 3.8) is 0 Å². The first-order valence-corrected chi connectivity index (χ1v) is 28.6. The maximum atomic E-state index is 14.5. The van der Waals surface area contributed by atoms with Crippen LogP contribution in [0.4, 0.5) is 5.69 Å². The minimum Gasteiger partial charge on any atom is -0.490 e. The van der Waals surface area contributed by atoms with Crippen molar-refractivity contribution in [3.8, 4) is 17.2 Å². The molecule has 5 aliphatic rings. The monoisotopic (exact) mass is 1020 g/mol. The predicted octanol–water partition coefficient (Wildman–Crippen LogP) is 9.09. The van der Waals surface area contributed by atoms with Crippen LogP contribution >= 0.6 is 0 Å². The summed E-state index contributed by atoms with van der Waals surface area (Å²) in [6, 6.07) is 23.4. The number of carbonyl (C=O) groups excluding carboxylic acids is 2. The number of aliphatic hydroxyl groups excluding tert-OH is 1. The maximum Gasteiger partial charge on any atom is 0.336 e. The van der Waals surface area contributed by atoms with Gasteiger partial charge in [-0.3, -0.25) is 9.59 Å². The molecular weight excluding hydrogens is 939 g/mol. The number of aromatic carboxylic acids is 1. The van der Waals surface area contributed by atoms with Gasteiger partial charge >= 0.3 is 5.97 Å². The summed E-state index contributed by atoms with van der Waals surface area (Å²) in [4.78, 5) is 44.0. The number of benzene rings is 5. The van der Waals surface area contributed by atoms with Gasteiger partial charge in [0.25, 0.3) is 5.91 Å². The number of aryl methyl sites for hydroxylation is 2. The molecule has 0 aromatic heterocycles. The molecule has 2 amide bonds. The minimum atomic E-state index is -1.05. The van der Waals surface area contributed by atoms with Crippen LogP contribution in [0, 0.1) is 5.92 Å². The van der Waals surface area contributed by atoms with Crippen LogP contribution in [0.25, 0.3) is 16.3 Å². The molecule has 396 valence electrons. The van der Waals surface area contributed by atoms with Crippen LogP contribution in [0.2, 0.25) is 0 Å². The van der Waals surface area contributed by atoms with Crippen molar-refractivity contribution in [2.75, 3.05) is 64.3 Å². The Balaban J connectivity index is 0.906. The van der Waals surface area contributed by atoms with Crippen molar-refractivity contribution >= 4 is 39.8 Å². The molecule has 12 heteroatoms. The van der Waals surface area contributed by atoms with E-state index in [0.29, 0.717) is 36.7 Å². The Morgan fingerprint density at radius 1 is 0.840 bits per heavy atom. The maximum absolute atomic E-state index is 14.5. The molecular formula is C63H78N5O7+. The van der Waals surface area contributed by atoms with Gasteiger partial charge in [-0.05, 0) is 117 Å². The first kappa shape index (κ1) is 52.2. The smallest absolute Gasteiger partial charge is 0.336 e. The number of ether oxygens (including phenoxy) is 2. The second kappa shape index (κ2) is 24.6. The van der Waals surface area contributed by atoms with E-state index >= 15 is 0 Å². The number of rotatable bonds is 19. The average Bonchev–Trinajstić information content (AvgIpc) is 3.54. The number of nitrogens with one attached hydrogen (secondary N) is 3. The summed E-state index contributed by atoms with van der Waals surface area (Å²) in [5.74, 6) is 1.38. The van der Waals surface area contributed by atoms with Gasteiger partial charge in [0.2, 0.25) is 11.3 Å². The Kier molecular flexibility index (Phi) is 17.1. The summed E-state index contributed by atoms with van der Waals surface area (Å²) in [6.45, 7) is 7.17. The molecule has 10 rings (SSSR count). The number of hydrogen-bond acceptors (Lipinski definition) is 8. The number of amides is 2. The predicted molar refractivity (Wildman–Crippen MR) is 297 cm³/mol. The zero-order chi connectivity index (χ0) is 51.7. The summed E-state index contributed by atoms with van der Waals surface area (Å²) in [6.07, 6.45) is 18.7. The van der Waals surface area contributed by atoms with E-state index in [1.807, 2.05) is 47.4 Å². The Morgan fingerprint density at radius 2 is 1.64 bits per heavy atom. The van der Waals surface area contributed by atoms with E-state index in [2.05, 4.69) is 39.6 Å². The molecule has 1 atom stereocenters. The number of carbonyl (C=O) groups is 3. The normalized spacial score (nSPS) is 16.8. The van der Waals surface area contributed by atoms with Crippen molar-refractivity contribution < 1.29 is 34.1 Å². The molecule has 5 aromatic carbocycles. The van der Waals surface area contributed by atoms with Gasteiger partial charge in [0.05, 0.1) is 11.1 Å². The molecule has 0 bridgehead atoms. The molecule has 75 heavy (non-hydrogen) atoms. The van der Waals surface area contributed by atoms with E-state index < -0.39 is 12.1 Å². The second-order valence-corrected chi connectivity index (χ2v) is 21.8. The van der Waals surface area contributed by atoms with Crippen LogP contribution in [0.5, 0.6) is 17.2 Å². The summed E-state index contributed by atoms with van der Waals surface area (Å²) in [7, 11) is 0. The first-order valence-electron chi connectivity index (χ1n) is 28.6. The number of unbranched alkanes of at least 4 members (excludes halogenated alkanes) is 1. The lowest BCUT2D eigenvalue weighted by atomic mass is 9.82. The fraction of sp³-hybridized carbons (Fsp3) is 0.492. The summed E-state index contributed by atoms with van der Waals surface area (Å²) >= 11 is 0. The standard InChI is InChI=1S/C63H77N5O7/c1-2-3-19-44-36-53-57(54-37-45-21-12-13-33-67-34-16-25-51(59(45)67)61(54)75-60(53)50-24-15-30-65-58(44)50)52-38-46(27-28-49(52)63(72)73)62(71)66-32-35-68(40-42-17-8-6-4-5-7-9-18-42)56(70)29-31-64-39-47(69)41-74-55-26-14-22-43-20-10-11-23-48(43)55/h10-11,14,20,22-23,26-28,36-38,42,47,64,69H,2-9,12-13,15-19,21,24-25,29-35,39-41H2,1H3,(H2,66,71,72,73)/p+1/t47-/m0/s1. The lowest BCUT2D eigenvalue weighted by Gasteiger charge is -2.31. The molecule has 5 aromatic rings. The summed E-state index contributed by atoms with van der Waals surface area (Å²) in [5, 5.41) is 36.2. The molecule has 5 N–H and O–H groups in total. The van der Waals surface area contributed by atoms with Gasteiger partial charge in [0, 0.05) is 103 Å². The molecule has 1 saturated carbocycles. The number of fused-ring (bicyclic) bond motifs is 6. The largest absolute Gasteiger partial charge is 0.490 e. The number of carboxylic acid groups (broad SMARTS) is 1. The molecule has 1 fully saturated rings. The number of carboxylic acids is 1. The van der Waals surface area contributed by atoms with Crippen molar-refractivity contribution in [2.24, 2.45) is 5.92 Å². The number of aliphatic hydroxyl groups is 1. The van der Waals surface area contributed by atoms with Crippen LogP contribution in [0.1, 0.15) is 157 Å². The summed E-state index contributed by atoms with van der Waals surface area (Å²) < 4.78 is 15.8. The van der Waals surface area contributed by atoms with Gasteiger partial charge in [-0.2, -0.15) is 0 Å². The van der Waals surface area contributed by atoms with Crippen LogP contribution in [0.3, 0.4) is 0 Å². The molecule has 0 unspecified atom stereocenters. The number of anilines is 1. The molecule has 0 radical (unpaired) electrons. The third-order valence-corrected chi connectivity index (χ3v) is 16.5. The average molecular weight is 1020 g/mol. The van der Waals surface area contributed by atoms with Gasteiger partial charge in [-0.1, -0.05) is 88.3 Å². The molecule has 12 nitrogen and oxygen atoms in total. The first-order chi connectivity index (χ1) is 36.7. The third-order valence-electron chi connectivity index (χ3n) is 16.5. The Labute approximate surface area is 442 Å². The molecule has 4 heterocycles. The zero-order valence-electron chi connectivity index (χ0n) is 44.2. The summed E-state index contributed by atoms with van der Waals surface area (Å²) in [5.41, 5.74) is 8.73. The third kappa shape index (κ3) is 11.9. The Morgan fingerprint density at radius 3 is 2.48 bits per heavy atom. The molecule has 1 aliphatic carbocycles. The van der Waals surface area contributed by atoms with Gasteiger partial charge < -0.3 is 40.5 Å². The van der Waals surface area contributed by atoms with E-state index in [9.17, 15) is 24.6 Å². The number of hydrogen-bond donors (Lipinski definition) is 5. The van der Waals surface area contributed by atoms with E-state index in [-0.39, 0.29) is 43.5 Å². The van der Waals surface area contributed by atoms with Gasteiger partial charge in [0.1, 0.15) is 43.0 Å². The van der Waals surface area contributed by atoms with Crippen molar-refractivity contribution in [2.45, 2.75) is 135 Å². The van der Waals surface area contributed by atoms with Gasteiger partial charge in [-0.15, -0.1) is 0 Å². The second-order valence-electron chi connectivity index (χ2n) is 21.8. The Hall–Kier alpha value is -6.24. The Bertz CT molecular complexity index is 3030. The lowest BCUT2D eigenvalue weighted by molar-refractivity contribution is -0.131. The van der Waals surface area contributed by atoms with Crippen molar-refractivity contribution in [3.05, 3.63) is 128 Å². The van der Waals surface area contributed by atoms with E-state index in [1.165, 1.54) is 47.7 Å². The lowest BCUT2D eigenvalue weighted by Crippen LogP contribution is -2.42. The fourth-order valence-electron chi connectivity index (χ4n) is 12.6. The SMILES string of the molecule is CCCCc1cc2c(c3c1NCCC3)Oc1c3c4c(cc1=C2c1cc(C(=O)NCCN(CC2CCCCCCCC2)C(=O)CCNC[C@H](O)COc2cccc5ccccc25)ccc1C(=O)O)CCCC[N+]=4CCC3. The molecule has 0 spiro atoms. The topological polar surface area (TPSA) is 152 Å².